The maximum Gasteiger partial charge on any atom is 0.131 e. The molecule has 0 bridgehead atoms. The molecule has 0 aliphatic rings. The third kappa shape index (κ3) is 6.00. The third-order valence-electron chi connectivity index (χ3n) is 3.66. The van der Waals surface area contributed by atoms with Gasteiger partial charge in [-0.25, -0.2) is 8.78 Å². The Hall–Kier alpha value is -0.960. The van der Waals surface area contributed by atoms with Crippen LogP contribution in [0.3, 0.4) is 0 Å². The summed E-state index contributed by atoms with van der Waals surface area (Å²) >= 11 is 0. The maximum atomic E-state index is 13.4. The van der Waals surface area contributed by atoms with Crippen molar-refractivity contribution in [1.82, 2.24) is 0 Å². The largest absolute Gasteiger partial charge is 0.388 e. The highest BCUT2D eigenvalue weighted by atomic mass is 19.1. The number of aliphatic hydroxyl groups excluding tert-OH is 1. The summed E-state index contributed by atoms with van der Waals surface area (Å²) in [6.45, 7) is 2.20. The van der Waals surface area contributed by atoms with Gasteiger partial charge in [-0.1, -0.05) is 64.4 Å². The fraction of sp³-hybridized carbons (Fsp3) is 0.647. The summed E-state index contributed by atoms with van der Waals surface area (Å²) in [5.74, 6) is -1.31. The van der Waals surface area contributed by atoms with Crippen LogP contribution in [0.15, 0.2) is 18.2 Å². The molecule has 0 spiro atoms. The minimum atomic E-state index is -1.03. The van der Waals surface area contributed by atoms with Gasteiger partial charge in [-0.05, 0) is 18.6 Å². The predicted molar refractivity (Wildman–Crippen MR) is 78.5 cm³/mol. The molecule has 0 fully saturated rings. The van der Waals surface area contributed by atoms with Crippen LogP contribution in [0.4, 0.5) is 8.78 Å². The first-order valence-electron chi connectivity index (χ1n) is 7.78. The van der Waals surface area contributed by atoms with E-state index < -0.39 is 17.7 Å². The van der Waals surface area contributed by atoms with Crippen molar-refractivity contribution in [2.75, 3.05) is 0 Å². The second kappa shape index (κ2) is 9.87. The molecule has 1 aromatic rings. The standard InChI is InChI=1S/C17H26F2O/c1-2-3-4-5-6-7-8-9-13-16(20)17-14(18)11-10-12-15(17)19/h10-12,16,20H,2-9,13H2,1H3. The van der Waals surface area contributed by atoms with Crippen molar-refractivity contribution in [3.8, 4) is 0 Å². The van der Waals surface area contributed by atoms with Gasteiger partial charge in [0.05, 0.1) is 11.7 Å². The summed E-state index contributed by atoms with van der Waals surface area (Å²) in [4.78, 5) is 0. The molecule has 0 aliphatic heterocycles. The summed E-state index contributed by atoms with van der Waals surface area (Å²) in [7, 11) is 0. The van der Waals surface area contributed by atoms with Crippen molar-refractivity contribution >= 4 is 0 Å². The predicted octanol–water partition coefficient (Wildman–Crippen LogP) is 5.53. The fourth-order valence-corrected chi connectivity index (χ4v) is 2.44. The van der Waals surface area contributed by atoms with E-state index in [0.717, 1.165) is 19.3 Å². The molecule has 1 N–H and O–H groups in total. The molecule has 0 saturated carbocycles. The van der Waals surface area contributed by atoms with E-state index in [9.17, 15) is 13.9 Å². The summed E-state index contributed by atoms with van der Waals surface area (Å²) in [6.07, 6.45) is 8.66. The van der Waals surface area contributed by atoms with Crippen molar-refractivity contribution in [2.24, 2.45) is 0 Å². The zero-order valence-corrected chi connectivity index (χ0v) is 12.4. The molecule has 0 aliphatic carbocycles. The lowest BCUT2D eigenvalue weighted by atomic mass is 10.0. The second-order valence-corrected chi connectivity index (χ2v) is 5.41. The van der Waals surface area contributed by atoms with E-state index in [1.54, 1.807) is 0 Å². The minimum absolute atomic E-state index is 0.185. The Bertz CT molecular complexity index is 359. The van der Waals surface area contributed by atoms with Crippen LogP contribution >= 0.6 is 0 Å². The molecule has 1 unspecified atom stereocenters. The van der Waals surface area contributed by atoms with Gasteiger partial charge in [0.15, 0.2) is 0 Å². The van der Waals surface area contributed by atoms with E-state index in [1.165, 1.54) is 50.3 Å². The number of hydrogen-bond donors (Lipinski definition) is 1. The first-order chi connectivity index (χ1) is 9.66. The minimum Gasteiger partial charge on any atom is -0.388 e. The van der Waals surface area contributed by atoms with Gasteiger partial charge < -0.3 is 5.11 Å². The van der Waals surface area contributed by atoms with Crippen LogP contribution < -0.4 is 0 Å². The molecule has 3 heteroatoms. The second-order valence-electron chi connectivity index (χ2n) is 5.41. The Morgan fingerprint density at radius 1 is 0.900 bits per heavy atom. The Balaban J connectivity index is 2.19. The molecule has 0 saturated heterocycles. The summed E-state index contributed by atoms with van der Waals surface area (Å²) < 4.78 is 26.9. The van der Waals surface area contributed by atoms with E-state index in [0.29, 0.717) is 6.42 Å². The Morgan fingerprint density at radius 2 is 1.40 bits per heavy atom. The van der Waals surface area contributed by atoms with E-state index in [-0.39, 0.29) is 5.56 Å². The number of aliphatic hydroxyl groups is 1. The van der Waals surface area contributed by atoms with Gasteiger partial charge >= 0.3 is 0 Å². The normalized spacial score (nSPS) is 12.6. The lowest BCUT2D eigenvalue weighted by Crippen LogP contribution is -2.04. The Labute approximate surface area is 121 Å². The first-order valence-corrected chi connectivity index (χ1v) is 7.78. The molecular formula is C17H26F2O. The Morgan fingerprint density at radius 3 is 1.95 bits per heavy atom. The number of hydrogen-bond acceptors (Lipinski definition) is 1. The van der Waals surface area contributed by atoms with Gasteiger partial charge in [-0.15, -0.1) is 0 Å². The molecule has 114 valence electrons. The summed E-state index contributed by atoms with van der Waals surface area (Å²) in [5.41, 5.74) is -0.185. The van der Waals surface area contributed by atoms with Crippen molar-refractivity contribution < 1.29 is 13.9 Å². The van der Waals surface area contributed by atoms with E-state index in [4.69, 9.17) is 0 Å². The van der Waals surface area contributed by atoms with E-state index >= 15 is 0 Å². The van der Waals surface area contributed by atoms with Gasteiger partial charge in [0.1, 0.15) is 11.6 Å². The van der Waals surface area contributed by atoms with Crippen LogP contribution in [0.25, 0.3) is 0 Å². The monoisotopic (exact) mass is 284 g/mol. The molecule has 0 amide bonds. The Kier molecular flexibility index (Phi) is 8.43. The molecule has 1 atom stereocenters. The summed E-state index contributed by atoms with van der Waals surface area (Å²) in [6, 6.07) is 3.70. The van der Waals surface area contributed by atoms with Crippen molar-refractivity contribution in [2.45, 2.75) is 70.8 Å². The van der Waals surface area contributed by atoms with Crippen LogP contribution in [-0.2, 0) is 0 Å². The maximum absolute atomic E-state index is 13.4. The third-order valence-corrected chi connectivity index (χ3v) is 3.66. The highest BCUT2D eigenvalue weighted by Crippen LogP contribution is 2.25. The van der Waals surface area contributed by atoms with Gasteiger partial charge in [-0.3, -0.25) is 0 Å². The fourth-order valence-electron chi connectivity index (χ4n) is 2.44. The van der Waals surface area contributed by atoms with Crippen molar-refractivity contribution in [1.29, 1.82) is 0 Å². The molecule has 0 aromatic heterocycles. The van der Waals surface area contributed by atoms with Gasteiger partial charge in [-0.2, -0.15) is 0 Å². The van der Waals surface area contributed by atoms with Gasteiger partial charge in [0, 0.05) is 0 Å². The van der Waals surface area contributed by atoms with Crippen LogP contribution in [0.2, 0.25) is 0 Å². The van der Waals surface area contributed by atoms with Crippen LogP contribution in [0.5, 0.6) is 0 Å². The highest BCUT2D eigenvalue weighted by molar-refractivity contribution is 5.21. The molecular weight excluding hydrogens is 258 g/mol. The average molecular weight is 284 g/mol. The molecule has 20 heavy (non-hydrogen) atoms. The lowest BCUT2D eigenvalue weighted by molar-refractivity contribution is 0.154. The van der Waals surface area contributed by atoms with Crippen molar-refractivity contribution in [3.63, 3.8) is 0 Å². The van der Waals surface area contributed by atoms with E-state index in [2.05, 4.69) is 6.92 Å². The van der Waals surface area contributed by atoms with Crippen LogP contribution in [0, 0.1) is 11.6 Å². The van der Waals surface area contributed by atoms with Gasteiger partial charge in [0.2, 0.25) is 0 Å². The number of rotatable bonds is 10. The molecule has 1 aromatic carbocycles. The quantitative estimate of drug-likeness (QED) is 0.560. The first kappa shape index (κ1) is 17.1. The SMILES string of the molecule is CCCCCCCCCCC(O)c1c(F)cccc1F. The highest BCUT2D eigenvalue weighted by Gasteiger charge is 2.16. The van der Waals surface area contributed by atoms with Crippen LogP contribution in [-0.4, -0.2) is 5.11 Å². The number of benzene rings is 1. The van der Waals surface area contributed by atoms with E-state index in [1.807, 2.05) is 0 Å². The zero-order chi connectivity index (χ0) is 14.8. The molecule has 1 rings (SSSR count). The lowest BCUT2D eigenvalue weighted by Gasteiger charge is -2.12. The zero-order valence-electron chi connectivity index (χ0n) is 12.4. The van der Waals surface area contributed by atoms with Gasteiger partial charge in [0.25, 0.3) is 0 Å². The number of unbranched alkanes of at least 4 members (excludes halogenated alkanes) is 7. The average Bonchev–Trinajstić information content (AvgIpc) is 2.41. The summed E-state index contributed by atoms with van der Waals surface area (Å²) in [5, 5.41) is 9.87. The number of halogens is 2. The van der Waals surface area contributed by atoms with Crippen LogP contribution in [0.1, 0.15) is 76.4 Å². The molecule has 1 nitrogen and oxygen atoms in total. The van der Waals surface area contributed by atoms with Crippen molar-refractivity contribution in [3.05, 3.63) is 35.4 Å². The molecule has 0 radical (unpaired) electrons. The topological polar surface area (TPSA) is 20.2 Å². The smallest absolute Gasteiger partial charge is 0.131 e. The molecule has 0 heterocycles.